The van der Waals surface area contributed by atoms with Crippen LogP contribution in [0.2, 0.25) is 0 Å². The Balaban J connectivity index is 1.42. The van der Waals surface area contributed by atoms with E-state index in [4.69, 9.17) is 4.74 Å². The van der Waals surface area contributed by atoms with Crippen molar-refractivity contribution in [3.63, 3.8) is 0 Å². The number of aromatic nitrogens is 5. The average molecular weight is 507 g/mol. The number of benzene rings is 1. The van der Waals surface area contributed by atoms with Crippen LogP contribution >= 0.6 is 0 Å². The summed E-state index contributed by atoms with van der Waals surface area (Å²) in [6.07, 6.45) is 6.14. The van der Waals surface area contributed by atoms with Gasteiger partial charge in [0.25, 0.3) is 0 Å². The highest BCUT2D eigenvalue weighted by atomic mass is 19.1. The molecule has 0 spiro atoms. The van der Waals surface area contributed by atoms with Crippen LogP contribution in [0.3, 0.4) is 0 Å². The first-order valence-electron chi connectivity index (χ1n) is 12.9. The number of pyridine rings is 1. The normalized spacial score (nSPS) is 15.4. The van der Waals surface area contributed by atoms with Crippen LogP contribution in [0.1, 0.15) is 63.4 Å². The fourth-order valence-corrected chi connectivity index (χ4v) is 5.46. The molecule has 1 fully saturated rings. The molecular formula is C28H32F2N6O. The van der Waals surface area contributed by atoms with Gasteiger partial charge in [0.15, 0.2) is 11.6 Å². The van der Waals surface area contributed by atoms with Crippen molar-refractivity contribution in [2.24, 2.45) is 5.92 Å². The number of fused-ring (bicyclic) bond motifs is 1. The molecular weight excluding hydrogens is 474 g/mol. The van der Waals surface area contributed by atoms with Crippen LogP contribution in [0.4, 0.5) is 20.5 Å². The van der Waals surface area contributed by atoms with Crippen molar-refractivity contribution in [2.45, 2.75) is 58.9 Å². The molecule has 194 valence electrons. The highest BCUT2D eigenvalue weighted by Crippen LogP contribution is 2.35. The van der Waals surface area contributed by atoms with Crippen LogP contribution in [0.5, 0.6) is 0 Å². The van der Waals surface area contributed by atoms with Crippen LogP contribution in [0.25, 0.3) is 22.3 Å². The number of rotatable bonds is 7. The number of ether oxygens (including phenoxy) is 1. The van der Waals surface area contributed by atoms with Crippen molar-refractivity contribution in [1.82, 2.24) is 24.5 Å². The molecule has 4 heterocycles. The number of anilines is 2. The molecule has 0 amide bonds. The summed E-state index contributed by atoms with van der Waals surface area (Å²) < 4.78 is 37.2. The zero-order valence-corrected chi connectivity index (χ0v) is 21.6. The maximum Gasteiger partial charge on any atom is 0.229 e. The quantitative estimate of drug-likeness (QED) is 0.300. The molecule has 3 aromatic heterocycles. The maximum atomic E-state index is 15.0. The lowest BCUT2D eigenvalue weighted by molar-refractivity contribution is 0.0572. The first-order chi connectivity index (χ1) is 17.9. The highest BCUT2D eigenvalue weighted by Gasteiger charge is 2.24. The van der Waals surface area contributed by atoms with Gasteiger partial charge < -0.3 is 14.6 Å². The minimum absolute atomic E-state index is 0.00893. The molecule has 0 bridgehead atoms. The van der Waals surface area contributed by atoms with Gasteiger partial charge >= 0.3 is 0 Å². The van der Waals surface area contributed by atoms with Gasteiger partial charge in [0.05, 0.1) is 11.7 Å². The molecule has 1 aromatic carbocycles. The van der Waals surface area contributed by atoms with E-state index >= 15 is 0 Å². The molecule has 0 saturated carbocycles. The smallest absolute Gasteiger partial charge is 0.229 e. The summed E-state index contributed by atoms with van der Waals surface area (Å²) in [6.45, 7) is 9.66. The third-order valence-corrected chi connectivity index (χ3v) is 7.19. The zero-order chi connectivity index (χ0) is 26.1. The van der Waals surface area contributed by atoms with Gasteiger partial charge in [-0.05, 0) is 75.6 Å². The second-order valence-corrected chi connectivity index (χ2v) is 9.91. The summed E-state index contributed by atoms with van der Waals surface area (Å²) in [5.74, 6) is 1.31. The summed E-state index contributed by atoms with van der Waals surface area (Å²) in [5, 5.41) is 3.06. The van der Waals surface area contributed by atoms with Crippen molar-refractivity contribution in [3.8, 4) is 11.3 Å². The monoisotopic (exact) mass is 506 g/mol. The fraction of sp³-hybridized carbons (Fsp3) is 0.429. The molecule has 0 unspecified atom stereocenters. The summed E-state index contributed by atoms with van der Waals surface area (Å²) in [7, 11) is 0. The van der Waals surface area contributed by atoms with Crippen molar-refractivity contribution in [3.05, 3.63) is 59.7 Å². The van der Waals surface area contributed by atoms with E-state index in [0.29, 0.717) is 34.6 Å². The van der Waals surface area contributed by atoms with E-state index in [1.54, 1.807) is 6.07 Å². The van der Waals surface area contributed by atoms with E-state index in [1.807, 2.05) is 37.6 Å². The van der Waals surface area contributed by atoms with Crippen LogP contribution in [-0.4, -0.2) is 37.7 Å². The number of aryl methyl sites for hydroxylation is 1. The van der Waals surface area contributed by atoms with Gasteiger partial charge in [-0.15, -0.1) is 0 Å². The Bertz CT molecular complexity index is 1400. The van der Waals surface area contributed by atoms with Crippen molar-refractivity contribution in [1.29, 1.82) is 0 Å². The lowest BCUT2D eigenvalue weighted by Crippen LogP contribution is -2.22. The second kappa shape index (κ2) is 10.5. The minimum atomic E-state index is -0.637. The van der Waals surface area contributed by atoms with Crippen LogP contribution < -0.4 is 5.32 Å². The van der Waals surface area contributed by atoms with Gasteiger partial charge in [-0.25, -0.2) is 28.7 Å². The topological polar surface area (TPSA) is 77.8 Å². The van der Waals surface area contributed by atoms with E-state index in [9.17, 15) is 8.78 Å². The predicted molar refractivity (Wildman–Crippen MR) is 140 cm³/mol. The van der Waals surface area contributed by atoms with Gasteiger partial charge in [-0.3, -0.25) is 0 Å². The molecule has 9 heteroatoms. The molecule has 1 N–H and O–H groups in total. The lowest BCUT2D eigenvalue weighted by atomic mass is 9.80. The van der Waals surface area contributed by atoms with Gasteiger partial charge in [0.2, 0.25) is 5.95 Å². The average Bonchev–Trinajstić information content (AvgIpc) is 3.24. The summed E-state index contributed by atoms with van der Waals surface area (Å²) in [6, 6.07) is 7.02. The number of hydrogen-bond acceptors (Lipinski definition) is 6. The summed E-state index contributed by atoms with van der Waals surface area (Å²) >= 11 is 0. The van der Waals surface area contributed by atoms with Crippen molar-refractivity contribution >= 4 is 22.8 Å². The maximum absolute atomic E-state index is 15.0. The molecule has 0 radical (unpaired) electrons. The number of hydrogen-bond donors (Lipinski definition) is 1. The highest BCUT2D eigenvalue weighted by molar-refractivity contribution is 5.83. The first-order valence-corrected chi connectivity index (χ1v) is 12.9. The standard InChI is InChI=1S/C28H32F2N6O/c1-5-21(18-8-10-37-11-9-18)19-6-7-25(31-14-19)34-28-32-15-23(30)26(35-28)20-12-22(29)27-24(13-20)36(16(2)3)17(4)33-27/h6-7,12-16,18,21H,5,8-11H2,1-4H3,(H,31,32,34,35)/t21-/m1/s1. The fourth-order valence-electron chi connectivity index (χ4n) is 5.46. The molecule has 1 atom stereocenters. The number of nitrogens with one attached hydrogen (secondary N) is 1. The third kappa shape index (κ3) is 5.05. The Kier molecular flexibility index (Phi) is 7.15. The summed E-state index contributed by atoms with van der Waals surface area (Å²) in [4.78, 5) is 17.4. The SMILES string of the molecule is CC[C@@H](c1ccc(Nc2ncc(F)c(-c3cc(F)c4nc(C)n(C(C)C)c4c3)n2)nc1)C1CCOCC1. The van der Waals surface area contributed by atoms with E-state index < -0.39 is 11.6 Å². The summed E-state index contributed by atoms with van der Waals surface area (Å²) in [5.41, 5.74) is 2.39. The Morgan fingerprint density at radius 1 is 1.05 bits per heavy atom. The number of halogens is 2. The van der Waals surface area contributed by atoms with E-state index in [1.165, 1.54) is 11.6 Å². The van der Waals surface area contributed by atoms with Crippen molar-refractivity contribution < 1.29 is 13.5 Å². The molecule has 0 aliphatic carbocycles. The Hall–Kier alpha value is -3.46. The Morgan fingerprint density at radius 3 is 2.51 bits per heavy atom. The van der Waals surface area contributed by atoms with Gasteiger partial charge in [-0.2, -0.15) is 0 Å². The van der Waals surface area contributed by atoms with Crippen LogP contribution in [0.15, 0.2) is 36.7 Å². The predicted octanol–water partition coefficient (Wildman–Crippen LogP) is 6.72. The minimum Gasteiger partial charge on any atom is -0.381 e. The number of imidazole rings is 1. The molecule has 37 heavy (non-hydrogen) atoms. The number of nitrogens with zero attached hydrogens (tertiary/aromatic N) is 5. The Labute approximate surface area is 215 Å². The van der Waals surface area contributed by atoms with E-state index in [0.717, 1.165) is 38.7 Å². The molecule has 1 aliphatic heterocycles. The first kappa shape index (κ1) is 25.2. The zero-order valence-electron chi connectivity index (χ0n) is 21.6. The molecule has 7 nitrogen and oxygen atoms in total. The largest absolute Gasteiger partial charge is 0.381 e. The van der Waals surface area contributed by atoms with Gasteiger partial charge in [0.1, 0.15) is 22.9 Å². The second-order valence-electron chi connectivity index (χ2n) is 9.91. The lowest BCUT2D eigenvalue weighted by Gasteiger charge is -2.29. The molecule has 1 saturated heterocycles. The Morgan fingerprint density at radius 2 is 1.84 bits per heavy atom. The van der Waals surface area contributed by atoms with Crippen LogP contribution in [0, 0.1) is 24.5 Å². The molecule has 5 rings (SSSR count). The van der Waals surface area contributed by atoms with E-state index in [-0.39, 0.29) is 23.2 Å². The third-order valence-electron chi connectivity index (χ3n) is 7.19. The van der Waals surface area contributed by atoms with Crippen LogP contribution in [-0.2, 0) is 4.74 Å². The van der Waals surface area contributed by atoms with E-state index in [2.05, 4.69) is 38.2 Å². The molecule has 4 aromatic rings. The van der Waals surface area contributed by atoms with Crippen molar-refractivity contribution in [2.75, 3.05) is 18.5 Å². The van der Waals surface area contributed by atoms with Gasteiger partial charge in [0, 0.05) is 31.0 Å². The molecule has 1 aliphatic rings. The van der Waals surface area contributed by atoms with Gasteiger partial charge in [-0.1, -0.05) is 13.0 Å².